The molecule has 1 unspecified atom stereocenters. The summed E-state index contributed by atoms with van der Waals surface area (Å²) >= 11 is 0. The molecule has 0 spiro atoms. The maximum atomic E-state index is 2.46. The van der Waals surface area contributed by atoms with Gasteiger partial charge in [-0.1, -0.05) is 152 Å². The monoisotopic (exact) mass is 558 g/mol. The van der Waals surface area contributed by atoms with Crippen LogP contribution in [-0.4, -0.2) is 0 Å². The van der Waals surface area contributed by atoms with Crippen molar-refractivity contribution in [3.8, 4) is 55.6 Å². The number of rotatable bonds is 4. The molecule has 0 radical (unpaired) electrons. The zero-order chi connectivity index (χ0) is 29.0. The number of hydrogen-bond donors (Lipinski definition) is 0. The van der Waals surface area contributed by atoms with Crippen LogP contribution in [0.4, 0.5) is 0 Å². The van der Waals surface area contributed by atoms with E-state index < -0.39 is 0 Å². The van der Waals surface area contributed by atoms with E-state index >= 15 is 0 Å². The van der Waals surface area contributed by atoms with Gasteiger partial charge in [-0.15, -0.1) is 0 Å². The van der Waals surface area contributed by atoms with Crippen LogP contribution >= 0.6 is 0 Å². The fourth-order valence-electron chi connectivity index (χ4n) is 7.54. The van der Waals surface area contributed by atoms with Gasteiger partial charge in [0.25, 0.3) is 0 Å². The number of fused-ring (bicyclic) bond motifs is 6. The lowest BCUT2D eigenvalue weighted by molar-refractivity contribution is 1.02. The molecule has 0 heteroatoms. The van der Waals surface area contributed by atoms with E-state index in [1.54, 1.807) is 0 Å². The van der Waals surface area contributed by atoms with Gasteiger partial charge in [0, 0.05) is 5.92 Å². The number of benzene rings is 7. The van der Waals surface area contributed by atoms with Gasteiger partial charge in [0.15, 0.2) is 0 Å². The van der Waals surface area contributed by atoms with E-state index in [1.807, 2.05) is 0 Å². The lowest BCUT2D eigenvalue weighted by Crippen LogP contribution is -2.00. The van der Waals surface area contributed by atoms with Gasteiger partial charge < -0.3 is 0 Å². The molecule has 0 saturated carbocycles. The van der Waals surface area contributed by atoms with Crippen molar-refractivity contribution in [2.45, 2.75) is 12.3 Å². The molecule has 0 amide bonds. The van der Waals surface area contributed by atoms with Crippen LogP contribution in [0.5, 0.6) is 0 Å². The van der Waals surface area contributed by atoms with Gasteiger partial charge in [-0.2, -0.15) is 0 Å². The second-order valence-electron chi connectivity index (χ2n) is 12.1. The Hall–Kier alpha value is -5.46. The molecule has 0 nitrogen and oxygen atoms in total. The fraction of sp³-hybridized carbons (Fsp3) is 0.0455. The molecule has 7 aromatic rings. The Morgan fingerprint density at radius 3 is 1.64 bits per heavy atom. The minimum atomic E-state index is 0.188. The third kappa shape index (κ3) is 3.99. The van der Waals surface area contributed by atoms with Gasteiger partial charge in [0.1, 0.15) is 0 Å². The van der Waals surface area contributed by atoms with E-state index in [2.05, 4.69) is 164 Å². The van der Waals surface area contributed by atoms with Gasteiger partial charge in [-0.25, -0.2) is 0 Å². The van der Waals surface area contributed by atoms with E-state index in [9.17, 15) is 0 Å². The van der Waals surface area contributed by atoms with E-state index in [4.69, 9.17) is 0 Å². The fourth-order valence-corrected chi connectivity index (χ4v) is 7.54. The van der Waals surface area contributed by atoms with Crippen molar-refractivity contribution in [2.24, 2.45) is 0 Å². The van der Waals surface area contributed by atoms with Gasteiger partial charge >= 0.3 is 0 Å². The molecule has 0 heterocycles. The Labute approximate surface area is 258 Å². The minimum Gasteiger partial charge on any atom is -0.0622 e. The maximum absolute atomic E-state index is 2.46. The molecular weight excluding hydrogens is 528 g/mol. The quantitative estimate of drug-likeness (QED) is 0.201. The summed E-state index contributed by atoms with van der Waals surface area (Å²) in [4.78, 5) is 0. The average molecular weight is 559 g/mol. The molecule has 1 atom stereocenters. The summed E-state index contributed by atoms with van der Waals surface area (Å²) in [5.41, 5.74) is 20.1. The SMILES string of the molecule is c1ccc(-c2cccc(C3c4ccc(-c5ccccc5)cc4-c4cc(-c5cccc6c5Cc5ccccc5-6)ccc43)c2)cc1. The smallest absolute Gasteiger partial charge is 0.0352 e. The van der Waals surface area contributed by atoms with Crippen LogP contribution in [0.1, 0.15) is 33.7 Å². The van der Waals surface area contributed by atoms with Crippen LogP contribution in [0, 0.1) is 0 Å². The Kier molecular flexibility index (Phi) is 5.74. The van der Waals surface area contributed by atoms with Crippen molar-refractivity contribution in [1.29, 1.82) is 0 Å². The van der Waals surface area contributed by atoms with Crippen molar-refractivity contribution >= 4 is 0 Å². The molecule has 2 aliphatic rings. The van der Waals surface area contributed by atoms with E-state index in [1.165, 1.54) is 83.5 Å². The topological polar surface area (TPSA) is 0 Å². The second-order valence-corrected chi connectivity index (χ2v) is 12.1. The zero-order valence-corrected chi connectivity index (χ0v) is 24.4. The molecule has 44 heavy (non-hydrogen) atoms. The summed E-state index contributed by atoms with van der Waals surface area (Å²) in [6, 6.07) is 60.6. The standard InChI is InChI=1S/C44H30/c1-3-11-29(12-4-1)31-16-9-17-35(25-31)44-39-23-21-32(30-13-5-2-6-14-30)26-42(39)43-28-34(22-24-40(43)44)37-19-10-20-38-36-18-8-7-15-33(36)27-41(37)38/h1-26,28,44H,27H2. The Bertz CT molecular complexity index is 2190. The first-order chi connectivity index (χ1) is 21.8. The summed E-state index contributed by atoms with van der Waals surface area (Å²) in [5.74, 6) is 0.188. The molecule has 0 aromatic heterocycles. The highest BCUT2D eigenvalue weighted by Crippen LogP contribution is 2.51. The maximum Gasteiger partial charge on any atom is 0.0352 e. The van der Waals surface area contributed by atoms with Crippen LogP contribution in [0.25, 0.3) is 55.6 Å². The zero-order valence-electron chi connectivity index (χ0n) is 24.4. The van der Waals surface area contributed by atoms with E-state index in [0.29, 0.717) is 0 Å². The predicted molar refractivity (Wildman–Crippen MR) is 184 cm³/mol. The van der Waals surface area contributed by atoms with Gasteiger partial charge in [-0.05, 0) is 102 Å². The Morgan fingerprint density at radius 2 is 0.886 bits per heavy atom. The first-order valence-electron chi connectivity index (χ1n) is 15.5. The van der Waals surface area contributed by atoms with Crippen molar-refractivity contribution in [1.82, 2.24) is 0 Å². The summed E-state index contributed by atoms with van der Waals surface area (Å²) in [5, 5.41) is 0. The molecule has 9 rings (SSSR count). The first kappa shape index (κ1) is 25.1. The third-order valence-corrected chi connectivity index (χ3v) is 9.61. The molecular formula is C44H30. The van der Waals surface area contributed by atoms with Crippen molar-refractivity contribution in [3.05, 3.63) is 192 Å². The highest BCUT2D eigenvalue weighted by atomic mass is 14.3. The van der Waals surface area contributed by atoms with Crippen LogP contribution in [0.15, 0.2) is 164 Å². The predicted octanol–water partition coefficient (Wildman–Crippen LogP) is 11.4. The Balaban J connectivity index is 1.22. The summed E-state index contributed by atoms with van der Waals surface area (Å²) < 4.78 is 0. The highest BCUT2D eigenvalue weighted by molar-refractivity contribution is 5.90. The normalized spacial score (nSPS) is 14.0. The molecule has 206 valence electrons. The Morgan fingerprint density at radius 1 is 0.341 bits per heavy atom. The first-order valence-corrected chi connectivity index (χ1v) is 15.5. The molecule has 0 aliphatic heterocycles. The lowest BCUT2D eigenvalue weighted by Gasteiger charge is -2.17. The third-order valence-electron chi connectivity index (χ3n) is 9.61. The average Bonchev–Trinajstić information content (AvgIpc) is 3.64. The summed E-state index contributed by atoms with van der Waals surface area (Å²) in [7, 11) is 0. The van der Waals surface area contributed by atoms with E-state index in [-0.39, 0.29) is 5.92 Å². The van der Waals surface area contributed by atoms with Gasteiger partial charge in [0.2, 0.25) is 0 Å². The van der Waals surface area contributed by atoms with Crippen LogP contribution in [0.2, 0.25) is 0 Å². The lowest BCUT2D eigenvalue weighted by atomic mass is 9.86. The van der Waals surface area contributed by atoms with Crippen molar-refractivity contribution < 1.29 is 0 Å². The van der Waals surface area contributed by atoms with E-state index in [0.717, 1.165) is 6.42 Å². The van der Waals surface area contributed by atoms with Crippen LogP contribution in [-0.2, 0) is 6.42 Å². The summed E-state index contributed by atoms with van der Waals surface area (Å²) in [6.07, 6.45) is 0.989. The molecule has 7 aromatic carbocycles. The van der Waals surface area contributed by atoms with Gasteiger partial charge in [-0.3, -0.25) is 0 Å². The summed E-state index contributed by atoms with van der Waals surface area (Å²) in [6.45, 7) is 0. The molecule has 2 aliphatic carbocycles. The van der Waals surface area contributed by atoms with Crippen molar-refractivity contribution in [3.63, 3.8) is 0 Å². The molecule has 0 fully saturated rings. The highest BCUT2D eigenvalue weighted by Gasteiger charge is 2.31. The van der Waals surface area contributed by atoms with Crippen molar-refractivity contribution in [2.75, 3.05) is 0 Å². The van der Waals surface area contributed by atoms with Crippen LogP contribution < -0.4 is 0 Å². The largest absolute Gasteiger partial charge is 0.0622 e. The van der Waals surface area contributed by atoms with Crippen LogP contribution in [0.3, 0.4) is 0 Å². The number of hydrogen-bond acceptors (Lipinski definition) is 0. The van der Waals surface area contributed by atoms with Gasteiger partial charge in [0.05, 0.1) is 0 Å². The molecule has 0 bridgehead atoms. The molecule has 0 N–H and O–H groups in total. The molecule has 0 saturated heterocycles. The second kappa shape index (κ2) is 10.1. The minimum absolute atomic E-state index is 0.188.